The van der Waals surface area contributed by atoms with E-state index in [1.165, 1.54) is 0 Å². The van der Waals surface area contributed by atoms with Crippen LogP contribution in [0.3, 0.4) is 0 Å². The zero-order chi connectivity index (χ0) is 10.4. The van der Waals surface area contributed by atoms with Gasteiger partial charge in [-0.2, -0.15) is 0 Å². The largest absolute Gasteiger partial charge is 0.369 e. The van der Waals surface area contributed by atoms with Crippen LogP contribution in [0.2, 0.25) is 0 Å². The predicted molar refractivity (Wildman–Crippen MR) is 61.4 cm³/mol. The van der Waals surface area contributed by atoms with E-state index < -0.39 is 0 Å². The number of hydrogen-bond acceptors (Lipinski definition) is 6. The Bertz CT molecular complexity index is 238. The van der Waals surface area contributed by atoms with Crippen LogP contribution in [0.15, 0.2) is 17.0 Å². The fraction of sp³-hybridized carbons (Fsp3) is 0.625. The zero-order valence-corrected chi connectivity index (χ0v) is 9.61. The summed E-state index contributed by atoms with van der Waals surface area (Å²) in [6.45, 7) is 5.84. The SMILES string of the molecule is CCNC1=CN(NCC)NC(SC)=N1. The highest BCUT2D eigenvalue weighted by atomic mass is 32.2. The fourth-order valence-corrected chi connectivity index (χ4v) is 1.41. The molecule has 0 aromatic heterocycles. The monoisotopic (exact) mass is 215 g/mol. The van der Waals surface area contributed by atoms with E-state index in [9.17, 15) is 0 Å². The van der Waals surface area contributed by atoms with Crippen molar-refractivity contribution in [2.45, 2.75) is 13.8 Å². The highest BCUT2D eigenvalue weighted by molar-refractivity contribution is 8.13. The normalized spacial score (nSPS) is 15.8. The third kappa shape index (κ3) is 3.12. The highest BCUT2D eigenvalue weighted by Crippen LogP contribution is 2.06. The van der Waals surface area contributed by atoms with E-state index in [1.807, 2.05) is 24.5 Å². The van der Waals surface area contributed by atoms with Crippen molar-refractivity contribution in [2.75, 3.05) is 19.3 Å². The molecule has 14 heavy (non-hydrogen) atoms. The van der Waals surface area contributed by atoms with Crippen molar-refractivity contribution in [2.24, 2.45) is 4.99 Å². The molecule has 0 unspecified atom stereocenters. The third-order valence-electron chi connectivity index (χ3n) is 1.57. The minimum Gasteiger partial charge on any atom is -0.369 e. The summed E-state index contributed by atoms with van der Waals surface area (Å²) in [6.07, 6.45) is 3.89. The summed E-state index contributed by atoms with van der Waals surface area (Å²) >= 11 is 1.58. The average molecular weight is 215 g/mol. The van der Waals surface area contributed by atoms with Crippen LogP contribution in [-0.2, 0) is 0 Å². The molecule has 0 fully saturated rings. The molecule has 0 aliphatic carbocycles. The number of amidine groups is 1. The van der Waals surface area contributed by atoms with E-state index in [2.05, 4.69) is 28.1 Å². The second-order valence-corrected chi connectivity index (χ2v) is 3.45. The van der Waals surface area contributed by atoms with Crippen molar-refractivity contribution in [3.8, 4) is 0 Å². The number of thioether (sulfide) groups is 1. The smallest absolute Gasteiger partial charge is 0.183 e. The van der Waals surface area contributed by atoms with E-state index in [1.54, 1.807) is 11.8 Å². The zero-order valence-electron chi connectivity index (χ0n) is 8.79. The van der Waals surface area contributed by atoms with Gasteiger partial charge in [-0.25, -0.2) is 15.5 Å². The van der Waals surface area contributed by atoms with Gasteiger partial charge in [0.15, 0.2) is 5.17 Å². The van der Waals surface area contributed by atoms with Crippen LogP contribution in [0.25, 0.3) is 0 Å². The van der Waals surface area contributed by atoms with Gasteiger partial charge in [-0.05, 0) is 13.2 Å². The lowest BCUT2D eigenvalue weighted by atomic mass is 10.6. The third-order valence-corrected chi connectivity index (χ3v) is 2.14. The highest BCUT2D eigenvalue weighted by Gasteiger charge is 2.10. The molecule has 3 N–H and O–H groups in total. The van der Waals surface area contributed by atoms with Crippen molar-refractivity contribution in [1.29, 1.82) is 0 Å². The minimum atomic E-state index is 0.866. The number of nitrogens with zero attached hydrogens (tertiary/aromatic N) is 2. The van der Waals surface area contributed by atoms with Crippen LogP contribution in [-0.4, -0.2) is 29.6 Å². The molecule has 0 radical (unpaired) electrons. The summed E-state index contributed by atoms with van der Waals surface area (Å²) < 4.78 is 0. The van der Waals surface area contributed by atoms with Gasteiger partial charge in [0.1, 0.15) is 5.82 Å². The molecule has 0 saturated carbocycles. The van der Waals surface area contributed by atoms with E-state index in [4.69, 9.17) is 0 Å². The first kappa shape index (κ1) is 11.2. The molecule has 0 spiro atoms. The van der Waals surface area contributed by atoms with Crippen molar-refractivity contribution in [3.05, 3.63) is 12.0 Å². The Hall–Kier alpha value is -0.880. The number of hydrazine groups is 2. The molecule has 0 atom stereocenters. The summed E-state index contributed by atoms with van der Waals surface area (Å²) in [4.78, 5) is 4.36. The molecular formula is C8H17N5S. The summed E-state index contributed by atoms with van der Waals surface area (Å²) in [5.74, 6) is 0.872. The van der Waals surface area contributed by atoms with Crippen LogP contribution >= 0.6 is 11.8 Å². The lowest BCUT2D eigenvalue weighted by Crippen LogP contribution is -2.48. The molecule has 0 saturated heterocycles. The fourth-order valence-electron chi connectivity index (χ4n) is 1.03. The van der Waals surface area contributed by atoms with Gasteiger partial charge < -0.3 is 5.32 Å². The second-order valence-electron chi connectivity index (χ2n) is 2.66. The van der Waals surface area contributed by atoms with Gasteiger partial charge in [-0.15, -0.1) is 0 Å². The van der Waals surface area contributed by atoms with Gasteiger partial charge in [0.05, 0.1) is 6.20 Å². The molecule has 80 valence electrons. The number of rotatable bonds is 4. The Balaban J connectivity index is 2.63. The predicted octanol–water partition coefficient (Wildman–Crippen LogP) is 0.459. The quantitative estimate of drug-likeness (QED) is 0.636. The maximum atomic E-state index is 4.36. The Morgan fingerprint density at radius 1 is 1.50 bits per heavy atom. The molecule has 0 bridgehead atoms. The summed E-state index contributed by atoms with van der Waals surface area (Å²) in [5, 5.41) is 5.87. The van der Waals surface area contributed by atoms with Crippen LogP contribution < -0.4 is 16.2 Å². The standard InChI is InChI=1S/C8H17N5S/c1-4-9-7-6-13(10-5-2)12-8(11-7)14-3/h6,9-10H,4-5H2,1-3H3,(H,11,12). The molecule has 0 aromatic rings. The second kappa shape index (κ2) is 5.77. The van der Waals surface area contributed by atoms with Gasteiger partial charge in [0.25, 0.3) is 0 Å². The first-order valence-electron chi connectivity index (χ1n) is 4.67. The first-order valence-corrected chi connectivity index (χ1v) is 5.90. The van der Waals surface area contributed by atoms with Crippen LogP contribution in [0.5, 0.6) is 0 Å². The van der Waals surface area contributed by atoms with E-state index >= 15 is 0 Å². The molecule has 5 nitrogen and oxygen atoms in total. The average Bonchev–Trinajstić information content (AvgIpc) is 2.18. The van der Waals surface area contributed by atoms with Gasteiger partial charge in [-0.3, -0.25) is 5.43 Å². The van der Waals surface area contributed by atoms with Gasteiger partial charge in [0.2, 0.25) is 0 Å². The molecule has 0 aromatic carbocycles. The summed E-state index contributed by atoms with van der Waals surface area (Å²) in [7, 11) is 0. The lowest BCUT2D eigenvalue weighted by Gasteiger charge is -2.26. The minimum absolute atomic E-state index is 0.866. The molecular weight excluding hydrogens is 198 g/mol. The number of aliphatic imine (C=N–C) groups is 1. The Labute approximate surface area is 89.0 Å². The Morgan fingerprint density at radius 2 is 2.29 bits per heavy atom. The van der Waals surface area contributed by atoms with Crippen molar-refractivity contribution in [3.63, 3.8) is 0 Å². The lowest BCUT2D eigenvalue weighted by molar-refractivity contribution is 0.233. The summed E-state index contributed by atoms with van der Waals surface area (Å²) in [6, 6.07) is 0. The van der Waals surface area contributed by atoms with Crippen molar-refractivity contribution >= 4 is 16.9 Å². The maximum absolute atomic E-state index is 4.36. The van der Waals surface area contributed by atoms with E-state index in [0.717, 1.165) is 24.1 Å². The molecule has 1 aliphatic rings. The molecule has 1 heterocycles. The molecule has 1 aliphatic heterocycles. The Morgan fingerprint density at radius 3 is 2.86 bits per heavy atom. The first-order chi connectivity index (χ1) is 6.80. The van der Waals surface area contributed by atoms with Crippen LogP contribution in [0.1, 0.15) is 13.8 Å². The maximum Gasteiger partial charge on any atom is 0.183 e. The van der Waals surface area contributed by atoms with Crippen LogP contribution in [0, 0.1) is 0 Å². The van der Waals surface area contributed by atoms with Crippen molar-refractivity contribution < 1.29 is 0 Å². The number of nitrogens with one attached hydrogen (secondary N) is 3. The van der Waals surface area contributed by atoms with E-state index in [0.29, 0.717) is 0 Å². The van der Waals surface area contributed by atoms with E-state index in [-0.39, 0.29) is 0 Å². The van der Waals surface area contributed by atoms with Gasteiger partial charge in [-0.1, -0.05) is 18.7 Å². The molecule has 6 heteroatoms. The van der Waals surface area contributed by atoms with Crippen LogP contribution in [0.4, 0.5) is 0 Å². The van der Waals surface area contributed by atoms with Gasteiger partial charge in [0, 0.05) is 13.1 Å². The van der Waals surface area contributed by atoms with Crippen molar-refractivity contribution in [1.82, 2.24) is 21.3 Å². The molecule has 0 amide bonds. The molecule has 1 rings (SSSR count). The number of hydrogen-bond donors (Lipinski definition) is 3. The van der Waals surface area contributed by atoms with Gasteiger partial charge >= 0.3 is 0 Å². The Kier molecular flexibility index (Phi) is 4.61. The summed E-state index contributed by atoms with van der Waals surface area (Å²) in [5.41, 5.74) is 6.26. The topological polar surface area (TPSA) is 51.7 Å².